The third kappa shape index (κ3) is 2.97. The van der Waals surface area contributed by atoms with Crippen LogP contribution in [0.1, 0.15) is 0 Å². The van der Waals surface area contributed by atoms with Crippen molar-refractivity contribution in [3.05, 3.63) is 28.7 Å². The summed E-state index contributed by atoms with van der Waals surface area (Å²) >= 11 is 0. The summed E-state index contributed by atoms with van der Waals surface area (Å²) in [5.41, 5.74) is 1.40. The molecular formula is C13H18N4O2. The molecule has 0 radical (unpaired) electrons. The first-order chi connectivity index (χ1) is 9.31. The molecule has 102 valence electrons. The van der Waals surface area contributed by atoms with Crippen molar-refractivity contribution < 1.29 is 4.74 Å². The van der Waals surface area contributed by atoms with Crippen LogP contribution in [0.15, 0.2) is 23.0 Å². The van der Waals surface area contributed by atoms with Crippen LogP contribution in [0.5, 0.6) is 5.75 Å². The highest BCUT2D eigenvalue weighted by molar-refractivity contribution is 5.75. The van der Waals surface area contributed by atoms with E-state index in [1.54, 1.807) is 0 Å². The zero-order valence-electron chi connectivity index (χ0n) is 10.7. The van der Waals surface area contributed by atoms with E-state index in [0.717, 1.165) is 49.5 Å². The van der Waals surface area contributed by atoms with Crippen LogP contribution >= 0.6 is 0 Å². The average molecular weight is 262 g/mol. The normalized spacial score (nSPS) is 16.8. The van der Waals surface area contributed by atoms with Gasteiger partial charge in [-0.05, 0) is 12.1 Å². The minimum Gasteiger partial charge on any atom is -0.492 e. The van der Waals surface area contributed by atoms with E-state index in [9.17, 15) is 4.79 Å². The van der Waals surface area contributed by atoms with Crippen LogP contribution < -0.4 is 15.7 Å². The van der Waals surface area contributed by atoms with Crippen molar-refractivity contribution in [1.82, 2.24) is 20.2 Å². The fourth-order valence-electron chi connectivity index (χ4n) is 2.33. The predicted octanol–water partition coefficient (Wildman–Crippen LogP) is 0.140. The number of H-pyrrole nitrogens is 2. The van der Waals surface area contributed by atoms with Gasteiger partial charge in [0.2, 0.25) is 0 Å². The van der Waals surface area contributed by atoms with Crippen LogP contribution in [0.2, 0.25) is 0 Å². The number of hydrogen-bond donors (Lipinski definition) is 3. The Morgan fingerprint density at radius 3 is 2.79 bits per heavy atom. The van der Waals surface area contributed by atoms with Gasteiger partial charge in [0.15, 0.2) is 0 Å². The van der Waals surface area contributed by atoms with Gasteiger partial charge < -0.3 is 20.0 Å². The number of nitrogens with zero attached hydrogens (tertiary/aromatic N) is 1. The van der Waals surface area contributed by atoms with Crippen molar-refractivity contribution in [1.29, 1.82) is 0 Å². The van der Waals surface area contributed by atoms with E-state index in [0.29, 0.717) is 6.61 Å². The van der Waals surface area contributed by atoms with Gasteiger partial charge >= 0.3 is 5.69 Å². The lowest BCUT2D eigenvalue weighted by Crippen LogP contribution is -2.44. The molecular weight excluding hydrogens is 244 g/mol. The van der Waals surface area contributed by atoms with Crippen molar-refractivity contribution in [2.45, 2.75) is 0 Å². The standard InChI is InChI=1S/C13H18N4O2/c18-13-15-11-2-1-10(9-12(11)16-13)19-8-7-17-5-3-14-4-6-17/h1-2,9,14H,3-8H2,(H2,15,16,18). The second-order valence-corrected chi connectivity index (χ2v) is 4.73. The summed E-state index contributed by atoms with van der Waals surface area (Å²) in [5, 5.41) is 3.33. The number of ether oxygens (including phenoxy) is 1. The highest BCUT2D eigenvalue weighted by Crippen LogP contribution is 2.16. The summed E-state index contributed by atoms with van der Waals surface area (Å²) in [6.07, 6.45) is 0. The van der Waals surface area contributed by atoms with Gasteiger partial charge in [0, 0.05) is 38.8 Å². The number of nitrogens with one attached hydrogen (secondary N) is 3. The molecule has 1 fully saturated rings. The highest BCUT2D eigenvalue weighted by Gasteiger charge is 2.09. The molecule has 0 aliphatic carbocycles. The summed E-state index contributed by atoms with van der Waals surface area (Å²) in [7, 11) is 0. The summed E-state index contributed by atoms with van der Waals surface area (Å²) in [6, 6.07) is 5.59. The summed E-state index contributed by atoms with van der Waals surface area (Å²) in [5.74, 6) is 0.790. The maximum atomic E-state index is 11.2. The van der Waals surface area contributed by atoms with Crippen molar-refractivity contribution in [2.75, 3.05) is 39.3 Å². The summed E-state index contributed by atoms with van der Waals surface area (Å²) < 4.78 is 5.73. The first-order valence-corrected chi connectivity index (χ1v) is 6.59. The van der Waals surface area contributed by atoms with Gasteiger partial charge in [0.25, 0.3) is 0 Å². The number of hydrogen-bond acceptors (Lipinski definition) is 4. The van der Waals surface area contributed by atoms with Crippen LogP contribution in [-0.4, -0.2) is 54.2 Å². The molecule has 1 aliphatic rings. The quantitative estimate of drug-likeness (QED) is 0.733. The molecule has 3 N–H and O–H groups in total. The maximum Gasteiger partial charge on any atom is 0.323 e. The zero-order valence-corrected chi connectivity index (χ0v) is 10.7. The lowest BCUT2D eigenvalue weighted by Gasteiger charge is -2.26. The van der Waals surface area contributed by atoms with Gasteiger partial charge in [-0.1, -0.05) is 0 Å². The maximum absolute atomic E-state index is 11.2. The topological polar surface area (TPSA) is 73.2 Å². The van der Waals surface area contributed by atoms with Crippen molar-refractivity contribution in [3.8, 4) is 5.75 Å². The van der Waals surface area contributed by atoms with E-state index in [2.05, 4.69) is 20.2 Å². The van der Waals surface area contributed by atoms with Crippen molar-refractivity contribution in [3.63, 3.8) is 0 Å². The van der Waals surface area contributed by atoms with E-state index in [1.807, 2.05) is 18.2 Å². The lowest BCUT2D eigenvalue weighted by atomic mass is 10.3. The number of piperazine rings is 1. The monoisotopic (exact) mass is 262 g/mol. The molecule has 0 unspecified atom stereocenters. The van der Waals surface area contributed by atoms with Crippen LogP contribution in [0.3, 0.4) is 0 Å². The Hall–Kier alpha value is -1.79. The molecule has 2 aromatic rings. The van der Waals surface area contributed by atoms with E-state index in [-0.39, 0.29) is 5.69 Å². The molecule has 1 aromatic carbocycles. The van der Waals surface area contributed by atoms with Crippen LogP contribution in [0, 0.1) is 0 Å². The number of benzene rings is 1. The lowest BCUT2D eigenvalue weighted by molar-refractivity contribution is 0.191. The third-order valence-corrected chi connectivity index (χ3v) is 3.37. The molecule has 0 atom stereocenters. The van der Waals surface area contributed by atoms with Gasteiger partial charge in [-0.15, -0.1) is 0 Å². The minimum atomic E-state index is -0.187. The fourth-order valence-corrected chi connectivity index (χ4v) is 2.33. The number of rotatable bonds is 4. The zero-order chi connectivity index (χ0) is 13.1. The molecule has 19 heavy (non-hydrogen) atoms. The van der Waals surface area contributed by atoms with Crippen LogP contribution in [-0.2, 0) is 0 Å². The molecule has 6 heteroatoms. The molecule has 2 heterocycles. The van der Waals surface area contributed by atoms with Crippen molar-refractivity contribution in [2.24, 2.45) is 0 Å². The van der Waals surface area contributed by atoms with Gasteiger partial charge in [-0.25, -0.2) is 4.79 Å². The smallest absolute Gasteiger partial charge is 0.323 e. The number of aromatic nitrogens is 2. The van der Waals surface area contributed by atoms with Gasteiger partial charge in [0.05, 0.1) is 11.0 Å². The summed E-state index contributed by atoms with van der Waals surface area (Å²) in [6.45, 7) is 5.86. The highest BCUT2D eigenvalue weighted by atomic mass is 16.5. The van der Waals surface area contributed by atoms with Crippen LogP contribution in [0.25, 0.3) is 11.0 Å². The molecule has 0 bridgehead atoms. The molecule has 0 spiro atoms. The van der Waals surface area contributed by atoms with E-state index in [1.165, 1.54) is 0 Å². The number of fused-ring (bicyclic) bond motifs is 1. The Morgan fingerprint density at radius 1 is 1.16 bits per heavy atom. The first kappa shape index (κ1) is 12.3. The molecule has 3 rings (SSSR count). The van der Waals surface area contributed by atoms with Gasteiger partial charge in [-0.2, -0.15) is 0 Å². The minimum absolute atomic E-state index is 0.187. The Balaban J connectivity index is 1.57. The Morgan fingerprint density at radius 2 is 1.95 bits per heavy atom. The predicted molar refractivity (Wildman–Crippen MR) is 73.7 cm³/mol. The summed E-state index contributed by atoms with van der Waals surface area (Å²) in [4.78, 5) is 19.0. The fraction of sp³-hybridized carbons (Fsp3) is 0.462. The van der Waals surface area contributed by atoms with Gasteiger partial charge in [0.1, 0.15) is 12.4 Å². The first-order valence-electron chi connectivity index (χ1n) is 6.59. The molecule has 0 saturated carbocycles. The molecule has 0 amide bonds. The van der Waals surface area contributed by atoms with E-state index < -0.39 is 0 Å². The second kappa shape index (κ2) is 5.46. The second-order valence-electron chi connectivity index (χ2n) is 4.73. The number of aromatic amines is 2. The third-order valence-electron chi connectivity index (χ3n) is 3.37. The largest absolute Gasteiger partial charge is 0.492 e. The van der Waals surface area contributed by atoms with E-state index in [4.69, 9.17) is 4.74 Å². The Labute approximate surface area is 110 Å². The average Bonchev–Trinajstić information content (AvgIpc) is 2.79. The molecule has 1 saturated heterocycles. The molecule has 1 aromatic heterocycles. The van der Waals surface area contributed by atoms with Crippen LogP contribution in [0.4, 0.5) is 0 Å². The Kier molecular flexibility index (Phi) is 3.52. The SMILES string of the molecule is O=c1[nH]c2ccc(OCCN3CCNCC3)cc2[nH]1. The Bertz CT molecular complexity index is 598. The molecule has 6 nitrogen and oxygen atoms in total. The van der Waals surface area contributed by atoms with Crippen molar-refractivity contribution >= 4 is 11.0 Å². The molecule has 1 aliphatic heterocycles. The van der Waals surface area contributed by atoms with Gasteiger partial charge in [-0.3, -0.25) is 4.90 Å². The van der Waals surface area contributed by atoms with E-state index >= 15 is 0 Å². The number of imidazole rings is 1.